The molecule has 0 amide bonds. The van der Waals surface area contributed by atoms with E-state index in [1.807, 2.05) is 0 Å². The van der Waals surface area contributed by atoms with Crippen molar-refractivity contribution >= 4 is 22.6 Å². The van der Waals surface area contributed by atoms with Crippen LogP contribution in [0.25, 0.3) is 0 Å². The second kappa shape index (κ2) is 6.04. The fourth-order valence-electron chi connectivity index (χ4n) is 1.42. The summed E-state index contributed by atoms with van der Waals surface area (Å²) in [6.07, 6.45) is 3.03. The molecule has 0 radical (unpaired) electrons. The fraction of sp³-hybridized carbons (Fsp3) is 1.00. The van der Waals surface area contributed by atoms with Crippen molar-refractivity contribution in [1.82, 2.24) is 0 Å². The molecule has 1 saturated heterocycles. The summed E-state index contributed by atoms with van der Waals surface area (Å²) in [4.78, 5) is 0. The normalized spacial score (nSPS) is 30.6. The zero-order valence-corrected chi connectivity index (χ0v) is 9.70. The van der Waals surface area contributed by atoms with E-state index in [1.54, 1.807) is 11.8 Å². The Balaban J connectivity index is 2.22. The summed E-state index contributed by atoms with van der Waals surface area (Å²) in [6, 6.07) is 0. The van der Waals surface area contributed by atoms with Crippen molar-refractivity contribution in [1.29, 1.82) is 0 Å². The summed E-state index contributed by atoms with van der Waals surface area (Å²) in [5, 5.41) is 9.55. The summed E-state index contributed by atoms with van der Waals surface area (Å²) >= 11 is 1.71. The molecule has 0 aromatic heterocycles. The van der Waals surface area contributed by atoms with E-state index in [0.717, 1.165) is 30.1 Å². The maximum Gasteiger partial charge on any atom is 0.0781 e. The number of unbranched alkanes of at least 4 members (excludes halogenated alkanes) is 2. The maximum absolute atomic E-state index is 11.7. The van der Waals surface area contributed by atoms with Crippen LogP contribution in [0.3, 0.4) is 0 Å². The summed E-state index contributed by atoms with van der Waals surface area (Å²) in [5.41, 5.74) is 0. The quantitative estimate of drug-likeness (QED) is 0.715. The van der Waals surface area contributed by atoms with Gasteiger partial charge in [-0.05, 0) is 6.42 Å². The lowest BCUT2D eigenvalue weighted by Crippen LogP contribution is -2.29. The largest absolute Gasteiger partial charge is 0.391 e. The minimum Gasteiger partial charge on any atom is -0.391 e. The first kappa shape index (κ1) is 11.5. The first-order chi connectivity index (χ1) is 6.25. The van der Waals surface area contributed by atoms with Gasteiger partial charge in [0.2, 0.25) is 0 Å². The molecule has 3 atom stereocenters. The van der Waals surface area contributed by atoms with Crippen molar-refractivity contribution in [2.24, 2.45) is 0 Å². The lowest BCUT2D eigenvalue weighted by molar-refractivity contribution is 0.206. The van der Waals surface area contributed by atoms with Gasteiger partial charge >= 0.3 is 0 Å². The molecule has 0 bridgehead atoms. The molecule has 78 valence electrons. The Kier molecular flexibility index (Phi) is 5.36. The third-order valence-corrected chi connectivity index (χ3v) is 5.52. The van der Waals surface area contributed by atoms with Crippen LogP contribution in [0.1, 0.15) is 26.2 Å². The molecule has 13 heavy (non-hydrogen) atoms. The molecule has 1 rings (SSSR count). The topological polar surface area (TPSA) is 37.3 Å². The van der Waals surface area contributed by atoms with Crippen LogP contribution in [0.2, 0.25) is 0 Å². The Morgan fingerprint density at radius 3 is 2.77 bits per heavy atom. The maximum atomic E-state index is 11.7. The van der Waals surface area contributed by atoms with E-state index in [-0.39, 0.29) is 11.4 Å². The molecule has 0 aromatic carbocycles. The van der Waals surface area contributed by atoms with Gasteiger partial charge in [0, 0.05) is 28.1 Å². The highest BCUT2D eigenvalue weighted by molar-refractivity contribution is 8.00. The Labute approximate surface area is 86.9 Å². The predicted octanol–water partition coefficient (Wildman–Crippen LogP) is 1.40. The van der Waals surface area contributed by atoms with E-state index in [0.29, 0.717) is 0 Å². The van der Waals surface area contributed by atoms with Gasteiger partial charge in [-0.2, -0.15) is 11.8 Å². The van der Waals surface area contributed by atoms with Crippen molar-refractivity contribution in [2.45, 2.75) is 37.5 Å². The third-order valence-electron chi connectivity index (χ3n) is 2.29. The average molecular weight is 222 g/mol. The fourth-order valence-corrected chi connectivity index (χ4v) is 4.74. The van der Waals surface area contributed by atoms with Crippen molar-refractivity contribution in [3.63, 3.8) is 0 Å². The number of aliphatic hydroxyl groups excluding tert-OH is 1. The summed E-state index contributed by atoms with van der Waals surface area (Å²) in [7, 11) is -0.798. The number of thioether (sulfide) groups is 1. The number of aliphatic hydroxyl groups is 1. The van der Waals surface area contributed by atoms with Gasteiger partial charge in [0.05, 0.1) is 11.4 Å². The summed E-state index contributed by atoms with van der Waals surface area (Å²) in [6.45, 7) is 2.14. The first-order valence-electron chi connectivity index (χ1n) is 4.88. The Morgan fingerprint density at radius 1 is 1.46 bits per heavy atom. The van der Waals surface area contributed by atoms with Crippen molar-refractivity contribution < 1.29 is 9.32 Å². The van der Waals surface area contributed by atoms with E-state index in [4.69, 9.17) is 0 Å². The molecule has 1 fully saturated rings. The molecule has 1 aliphatic rings. The highest BCUT2D eigenvalue weighted by Gasteiger charge is 2.30. The highest BCUT2D eigenvalue weighted by Crippen LogP contribution is 2.23. The number of hydrogen-bond donors (Lipinski definition) is 1. The molecular weight excluding hydrogens is 204 g/mol. The Bertz CT molecular complexity index is 173. The van der Waals surface area contributed by atoms with Gasteiger partial charge in [-0.3, -0.25) is 4.21 Å². The van der Waals surface area contributed by atoms with Crippen LogP contribution in [-0.2, 0) is 10.8 Å². The monoisotopic (exact) mass is 222 g/mol. The average Bonchev–Trinajstić information content (AvgIpc) is 2.52. The smallest absolute Gasteiger partial charge is 0.0781 e. The Morgan fingerprint density at radius 2 is 2.23 bits per heavy atom. The van der Waals surface area contributed by atoms with Crippen LogP contribution in [0.5, 0.6) is 0 Å². The molecule has 0 saturated carbocycles. The van der Waals surface area contributed by atoms with Crippen LogP contribution in [0.15, 0.2) is 0 Å². The second-order valence-corrected chi connectivity index (χ2v) is 6.29. The molecule has 1 aliphatic heterocycles. The van der Waals surface area contributed by atoms with E-state index in [1.165, 1.54) is 6.42 Å². The molecule has 4 heteroatoms. The predicted molar refractivity (Wildman–Crippen MR) is 59.7 cm³/mol. The molecule has 2 nitrogen and oxygen atoms in total. The van der Waals surface area contributed by atoms with Crippen molar-refractivity contribution in [3.8, 4) is 0 Å². The first-order valence-corrected chi connectivity index (χ1v) is 7.42. The third kappa shape index (κ3) is 3.60. The van der Waals surface area contributed by atoms with E-state index < -0.39 is 10.8 Å². The van der Waals surface area contributed by atoms with E-state index >= 15 is 0 Å². The summed E-state index contributed by atoms with van der Waals surface area (Å²) < 4.78 is 11.7. The second-order valence-electron chi connectivity index (χ2n) is 3.44. The standard InChI is InChI=1S/C9H18O2S2/c1-2-3-4-5-13(11)9-7-12-6-8(9)10/h8-10H,2-7H2,1H3. The minimum atomic E-state index is -0.798. The number of rotatable bonds is 5. The molecule has 3 unspecified atom stereocenters. The van der Waals surface area contributed by atoms with Gasteiger partial charge in [-0.15, -0.1) is 0 Å². The van der Waals surface area contributed by atoms with E-state index in [2.05, 4.69) is 6.92 Å². The van der Waals surface area contributed by atoms with Crippen LogP contribution >= 0.6 is 11.8 Å². The van der Waals surface area contributed by atoms with Gasteiger partial charge in [0.15, 0.2) is 0 Å². The minimum absolute atomic E-state index is 0.0434. The van der Waals surface area contributed by atoms with E-state index in [9.17, 15) is 9.32 Å². The lowest BCUT2D eigenvalue weighted by Gasteiger charge is -2.12. The Hall–Kier alpha value is 0.460. The van der Waals surface area contributed by atoms with Crippen LogP contribution < -0.4 is 0 Å². The highest BCUT2D eigenvalue weighted by atomic mass is 32.2. The zero-order valence-electron chi connectivity index (χ0n) is 8.07. The van der Waals surface area contributed by atoms with Crippen LogP contribution in [-0.4, -0.2) is 37.9 Å². The molecule has 0 aliphatic carbocycles. The molecular formula is C9H18O2S2. The lowest BCUT2D eigenvalue weighted by atomic mass is 10.3. The van der Waals surface area contributed by atoms with Gasteiger partial charge in [-0.25, -0.2) is 0 Å². The van der Waals surface area contributed by atoms with Gasteiger partial charge < -0.3 is 5.11 Å². The zero-order chi connectivity index (χ0) is 9.68. The molecule has 1 heterocycles. The van der Waals surface area contributed by atoms with Crippen molar-refractivity contribution in [2.75, 3.05) is 17.3 Å². The van der Waals surface area contributed by atoms with Gasteiger partial charge in [-0.1, -0.05) is 19.8 Å². The number of hydrogen-bond acceptors (Lipinski definition) is 3. The van der Waals surface area contributed by atoms with Gasteiger partial charge in [0.25, 0.3) is 0 Å². The molecule has 1 N–H and O–H groups in total. The van der Waals surface area contributed by atoms with Crippen LogP contribution in [0, 0.1) is 0 Å². The van der Waals surface area contributed by atoms with Crippen molar-refractivity contribution in [3.05, 3.63) is 0 Å². The van der Waals surface area contributed by atoms with Gasteiger partial charge in [0.1, 0.15) is 0 Å². The summed E-state index contributed by atoms with van der Waals surface area (Å²) in [5.74, 6) is 2.42. The molecule has 0 aromatic rings. The SMILES string of the molecule is CCCCCS(=O)C1CSCC1O. The van der Waals surface area contributed by atoms with Crippen LogP contribution in [0.4, 0.5) is 0 Å². The molecule has 0 spiro atoms.